The zero-order valence-corrected chi connectivity index (χ0v) is 11.7. The standard InChI is InChI=1S/C14H16N2O5/c1-14(2,6-12(18)19)16-13(20)8-3-4-10-9(5-8)15-11(17)7-21-10/h3-5H,6-7H2,1-2H3,(H,15,17)(H,16,20)(H,18,19). The summed E-state index contributed by atoms with van der Waals surface area (Å²) in [4.78, 5) is 34.2. The van der Waals surface area contributed by atoms with E-state index in [1.807, 2.05) is 0 Å². The van der Waals surface area contributed by atoms with E-state index in [0.717, 1.165) is 0 Å². The van der Waals surface area contributed by atoms with Crippen LogP contribution in [0.25, 0.3) is 0 Å². The Balaban J connectivity index is 2.15. The molecule has 0 aliphatic carbocycles. The summed E-state index contributed by atoms with van der Waals surface area (Å²) in [5.41, 5.74) is -0.133. The molecule has 0 aromatic heterocycles. The van der Waals surface area contributed by atoms with E-state index in [-0.39, 0.29) is 18.9 Å². The molecular weight excluding hydrogens is 276 g/mol. The second-order valence-corrected chi connectivity index (χ2v) is 5.46. The SMILES string of the molecule is CC(C)(CC(=O)O)NC(=O)c1ccc2c(c1)NC(=O)CO2. The number of hydrogen-bond acceptors (Lipinski definition) is 4. The summed E-state index contributed by atoms with van der Waals surface area (Å²) in [5, 5.41) is 14.1. The number of carboxylic acids is 1. The maximum atomic E-state index is 12.2. The molecule has 21 heavy (non-hydrogen) atoms. The van der Waals surface area contributed by atoms with Gasteiger partial charge in [0.2, 0.25) is 0 Å². The van der Waals surface area contributed by atoms with Gasteiger partial charge in [0.1, 0.15) is 5.75 Å². The molecule has 2 amide bonds. The van der Waals surface area contributed by atoms with Crippen molar-refractivity contribution in [1.82, 2.24) is 5.32 Å². The minimum Gasteiger partial charge on any atom is -0.482 e. The van der Waals surface area contributed by atoms with E-state index < -0.39 is 17.4 Å². The topological polar surface area (TPSA) is 105 Å². The van der Waals surface area contributed by atoms with Crippen LogP contribution in [0.2, 0.25) is 0 Å². The molecule has 0 unspecified atom stereocenters. The Morgan fingerprint density at radius 2 is 2.14 bits per heavy atom. The van der Waals surface area contributed by atoms with E-state index in [0.29, 0.717) is 17.0 Å². The predicted molar refractivity (Wildman–Crippen MR) is 74.4 cm³/mol. The molecule has 7 heteroatoms. The molecule has 1 aromatic rings. The third-order valence-electron chi connectivity index (χ3n) is 2.92. The minimum atomic E-state index is -0.994. The summed E-state index contributed by atoms with van der Waals surface area (Å²) >= 11 is 0. The highest BCUT2D eigenvalue weighted by molar-refractivity contribution is 6.00. The van der Waals surface area contributed by atoms with Crippen LogP contribution >= 0.6 is 0 Å². The zero-order chi connectivity index (χ0) is 15.6. The number of carboxylic acid groups (broad SMARTS) is 1. The molecule has 1 heterocycles. The number of ether oxygens (including phenoxy) is 1. The van der Waals surface area contributed by atoms with E-state index in [4.69, 9.17) is 9.84 Å². The number of carbonyl (C=O) groups is 3. The molecule has 0 radical (unpaired) electrons. The molecule has 7 nitrogen and oxygen atoms in total. The number of carbonyl (C=O) groups excluding carboxylic acids is 2. The maximum Gasteiger partial charge on any atom is 0.305 e. The molecule has 1 aliphatic heterocycles. The number of benzene rings is 1. The average molecular weight is 292 g/mol. The fraction of sp³-hybridized carbons (Fsp3) is 0.357. The maximum absolute atomic E-state index is 12.2. The largest absolute Gasteiger partial charge is 0.482 e. The second kappa shape index (κ2) is 5.43. The van der Waals surface area contributed by atoms with Crippen LogP contribution in [0.4, 0.5) is 5.69 Å². The third-order valence-corrected chi connectivity index (χ3v) is 2.92. The molecule has 112 valence electrons. The van der Waals surface area contributed by atoms with E-state index in [1.54, 1.807) is 26.0 Å². The Hall–Kier alpha value is -2.57. The Bertz CT molecular complexity index is 609. The van der Waals surface area contributed by atoms with E-state index >= 15 is 0 Å². The number of amides is 2. The fourth-order valence-electron chi connectivity index (χ4n) is 2.03. The summed E-state index contributed by atoms with van der Waals surface area (Å²) in [6.45, 7) is 3.20. The van der Waals surface area contributed by atoms with Crippen molar-refractivity contribution in [2.24, 2.45) is 0 Å². The molecule has 0 fully saturated rings. The van der Waals surface area contributed by atoms with Crippen molar-refractivity contribution >= 4 is 23.5 Å². The van der Waals surface area contributed by atoms with Crippen LogP contribution in [0.15, 0.2) is 18.2 Å². The number of rotatable bonds is 4. The monoisotopic (exact) mass is 292 g/mol. The van der Waals surface area contributed by atoms with Gasteiger partial charge in [0.05, 0.1) is 12.1 Å². The lowest BCUT2D eigenvalue weighted by atomic mass is 10.00. The summed E-state index contributed by atoms with van der Waals surface area (Å²) < 4.78 is 5.20. The molecule has 0 bridgehead atoms. The van der Waals surface area contributed by atoms with Crippen molar-refractivity contribution in [3.05, 3.63) is 23.8 Å². The molecule has 0 saturated carbocycles. The minimum absolute atomic E-state index is 0.0514. The zero-order valence-electron chi connectivity index (χ0n) is 11.7. The molecule has 1 aliphatic rings. The quantitative estimate of drug-likeness (QED) is 0.768. The van der Waals surface area contributed by atoms with Crippen molar-refractivity contribution in [3.8, 4) is 5.75 Å². The number of aliphatic carboxylic acids is 1. The van der Waals surface area contributed by atoms with E-state index in [1.165, 1.54) is 6.07 Å². The average Bonchev–Trinajstić information content (AvgIpc) is 2.35. The smallest absolute Gasteiger partial charge is 0.305 e. The number of nitrogens with one attached hydrogen (secondary N) is 2. The van der Waals surface area contributed by atoms with Gasteiger partial charge in [-0.1, -0.05) is 0 Å². The van der Waals surface area contributed by atoms with Gasteiger partial charge in [0.15, 0.2) is 6.61 Å². The van der Waals surface area contributed by atoms with E-state index in [2.05, 4.69) is 10.6 Å². The molecule has 0 saturated heterocycles. The molecule has 1 aromatic carbocycles. The molecule has 0 spiro atoms. The van der Waals surface area contributed by atoms with Crippen LogP contribution in [0, 0.1) is 0 Å². The first-order valence-corrected chi connectivity index (χ1v) is 6.38. The number of fused-ring (bicyclic) bond motifs is 1. The highest BCUT2D eigenvalue weighted by Crippen LogP contribution is 2.28. The van der Waals surface area contributed by atoms with Crippen LogP contribution < -0.4 is 15.4 Å². The molecule has 0 atom stereocenters. The fourth-order valence-corrected chi connectivity index (χ4v) is 2.03. The van der Waals surface area contributed by atoms with E-state index in [9.17, 15) is 14.4 Å². The second-order valence-electron chi connectivity index (χ2n) is 5.46. The Morgan fingerprint density at radius 1 is 1.43 bits per heavy atom. The van der Waals surface area contributed by atoms with Crippen LogP contribution in [-0.2, 0) is 9.59 Å². The van der Waals surface area contributed by atoms with Crippen molar-refractivity contribution in [2.75, 3.05) is 11.9 Å². The Kier molecular flexibility index (Phi) is 3.84. The van der Waals surface area contributed by atoms with Gasteiger partial charge in [-0.05, 0) is 32.0 Å². The first-order valence-electron chi connectivity index (χ1n) is 6.38. The lowest BCUT2D eigenvalue weighted by Crippen LogP contribution is -2.45. The summed E-state index contributed by atoms with van der Waals surface area (Å²) in [7, 11) is 0. The van der Waals surface area contributed by atoms with Gasteiger partial charge in [-0.3, -0.25) is 14.4 Å². The van der Waals surface area contributed by atoms with Crippen molar-refractivity contribution < 1.29 is 24.2 Å². The third kappa shape index (κ3) is 3.71. The number of hydrogen-bond donors (Lipinski definition) is 3. The van der Waals surface area contributed by atoms with Crippen molar-refractivity contribution in [1.29, 1.82) is 0 Å². The van der Waals surface area contributed by atoms with Crippen molar-refractivity contribution in [3.63, 3.8) is 0 Å². The van der Waals surface area contributed by atoms with Gasteiger partial charge in [-0.25, -0.2) is 0 Å². The van der Waals surface area contributed by atoms with Gasteiger partial charge in [-0.2, -0.15) is 0 Å². The van der Waals surface area contributed by atoms with Crippen molar-refractivity contribution in [2.45, 2.75) is 25.8 Å². The predicted octanol–water partition coefficient (Wildman–Crippen LogP) is 1.00. The van der Waals surface area contributed by atoms with Gasteiger partial charge in [-0.15, -0.1) is 0 Å². The summed E-state index contributed by atoms with van der Waals surface area (Å²) in [5.74, 6) is -1.20. The molecule has 2 rings (SSSR count). The van der Waals surface area contributed by atoms with Gasteiger partial charge < -0.3 is 20.5 Å². The van der Waals surface area contributed by atoms with Crippen LogP contribution in [-0.4, -0.2) is 35.0 Å². The summed E-state index contributed by atoms with van der Waals surface area (Å²) in [6, 6.07) is 4.65. The lowest BCUT2D eigenvalue weighted by molar-refractivity contribution is -0.138. The molecular formula is C14H16N2O5. The Labute approximate surface area is 121 Å². The highest BCUT2D eigenvalue weighted by Gasteiger charge is 2.25. The lowest BCUT2D eigenvalue weighted by Gasteiger charge is -2.25. The van der Waals surface area contributed by atoms with Crippen LogP contribution in [0.5, 0.6) is 5.75 Å². The van der Waals surface area contributed by atoms with Gasteiger partial charge >= 0.3 is 5.97 Å². The highest BCUT2D eigenvalue weighted by atomic mass is 16.5. The van der Waals surface area contributed by atoms with Crippen LogP contribution in [0.1, 0.15) is 30.6 Å². The number of anilines is 1. The first-order chi connectivity index (χ1) is 9.77. The Morgan fingerprint density at radius 3 is 2.81 bits per heavy atom. The first kappa shape index (κ1) is 14.8. The van der Waals surface area contributed by atoms with Crippen LogP contribution in [0.3, 0.4) is 0 Å². The molecule has 3 N–H and O–H groups in total. The summed E-state index contributed by atoms with van der Waals surface area (Å²) in [6.07, 6.45) is -0.191. The van der Waals surface area contributed by atoms with Gasteiger partial charge in [0, 0.05) is 11.1 Å². The normalized spacial score (nSPS) is 13.7. The van der Waals surface area contributed by atoms with Gasteiger partial charge in [0.25, 0.3) is 11.8 Å².